The third-order valence-electron chi connectivity index (χ3n) is 8.63. The number of carbonyl (C=O) groups is 1. The van der Waals surface area contributed by atoms with Crippen molar-refractivity contribution >= 4 is 28.9 Å². The maximum atomic E-state index is 12.9. The summed E-state index contributed by atoms with van der Waals surface area (Å²) in [6.45, 7) is 8.89. The molecule has 1 atom stereocenters. The van der Waals surface area contributed by atoms with Crippen LogP contribution in [0, 0.1) is 5.92 Å². The number of aromatic amines is 1. The molecule has 0 amide bonds. The first kappa shape index (κ1) is 29.1. The standard InChI is InChI=1S/C33H43N7O3/c1-22(2)21-43-32(41)25-8-4-5-9-27(25)36-31-30-28(12-15-35-30)37-33(34,38-31)26-11-10-24(20-29(26)42-3)40-18-13-23(14-19-40)39-16-6-7-17-39/h4-5,8-12,15,20,22-23,35,37H,6-7,13-14,16-19,21,34H2,1-3H3,(H,36,38). The van der Waals surface area contributed by atoms with Gasteiger partial charge in [0.1, 0.15) is 11.4 Å². The SMILES string of the molecule is COc1cc(N2CCC(N3CCCC3)CC2)ccc1C1(N)N=C(Nc2ccccc2C(=O)OCC(C)C)c2[nH]ccc2N1. The highest BCUT2D eigenvalue weighted by molar-refractivity contribution is 6.13. The number of likely N-dealkylation sites (tertiary alicyclic amines) is 1. The monoisotopic (exact) mass is 585 g/mol. The topological polar surface area (TPSA) is 120 Å². The predicted octanol–water partition coefficient (Wildman–Crippen LogP) is 4.95. The number of hydrogen-bond donors (Lipinski definition) is 4. The fraction of sp³-hybridized carbons (Fsp3) is 0.455. The summed E-state index contributed by atoms with van der Waals surface area (Å²) < 4.78 is 11.4. The summed E-state index contributed by atoms with van der Waals surface area (Å²) in [6, 6.07) is 16.0. The number of aliphatic imine (C=N–C) groups is 1. The normalized spacial score (nSPS) is 20.9. The number of rotatable bonds is 8. The molecule has 6 rings (SSSR count). The van der Waals surface area contributed by atoms with Crippen LogP contribution >= 0.6 is 0 Å². The molecule has 3 aliphatic heterocycles. The summed E-state index contributed by atoms with van der Waals surface area (Å²) in [4.78, 5) is 26.2. The lowest BCUT2D eigenvalue weighted by Gasteiger charge is -2.38. The van der Waals surface area contributed by atoms with Gasteiger partial charge in [-0.3, -0.25) is 5.73 Å². The van der Waals surface area contributed by atoms with E-state index in [0.717, 1.165) is 30.2 Å². The summed E-state index contributed by atoms with van der Waals surface area (Å²) in [7, 11) is 1.66. The number of carbonyl (C=O) groups excluding carboxylic acids is 1. The number of ether oxygens (including phenoxy) is 2. The van der Waals surface area contributed by atoms with E-state index in [0.29, 0.717) is 41.0 Å². The highest BCUT2D eigenvalue weighted by Gasteiger charge is 2.37. The van der Waals surface area contributed by atoms with E-state index in [-0.39, 0.29) is 5.92 Å². The molecule has 0 aliphatic carbocycles. The first-order valence-electron chi connectivity index (χ1n) is 15.4. The van der Waals surface area contributed by atoms with Gasteiger partial charge in [-0.1, -0.05) is 26.0 Å². The van der Waals surface area contributed by atoms with Crippen LogP contribution in [0.1, 0.15) is 61.1 Å². The average Bonchev–Trinajstić information content (AvgIpc) is 3.73. The van der Waals surface area contributed by atoms with Crippen molar-refractivity contribution in [2.24, 2.45) is 16.6 Å². The fourth-order valence-electron chi connectivity index (χ4n) is 6.36. The predicted molar refractivity (Wildman–Crippen MR) is 171 cm³/mol. The van der Waals surface area contributed by atoms with Gasteiger partial charge in [-0.15, -0.1) is 0 Å². The fourth-order valence-corrected chi connectivity index (χ4v) is 6.36. The second kappa shape index (κ2) is 12.3. The van der Waals surface area contributed by atoms with Crippen LogP contribution in [-0.4, -0.2) is 67.6 Å². The van der Waals surface area contributed by atoms with Gasteiger partial charge >= 0.3 is 5.97 Å². The van der Waals surface area contributed by atoms with Crippen LogP contribution in [0.5, 0.6) is 5.75 Å². The number of nitrogens with zero attached hydrogens (tertiary/aromatic N) is 3. The first-order valence-corrected chi connectivity index (χ1v) is 15.4. The average molecular weight is 586 g/mol. The van der Waals surface area contributed by atoms with Crippen LogP contribution in [0.3, 0.4) is 0 Å². The van der Waals surface area contributed by atoms with Gasteiger partial charge in [0.25, 0.3) is 0 Å². The molecule has 0 bridgehead atoms. The van der Waals surface area contributed by atoms with Crippen LogP contribution < -0.4 is 26.0 Å². The number of nitrogens with two attached hydrogens (primary N) is 1. The number of esters is 1. The molecular weight excluding hydrogens is 542 g/mol. The largest absolute Gasteiger partial charge is 0.496 e. The minimum Gasteiger partial charge on any atom is -0.496 e. The maximum absolute atomic E-state index is 12.9. The van der Waals surface area contributed by atoms with Gasteiger partial charge < -0.3 is 34.9 Å². The number of methoxy groups -OCH3 is 1. The van der Waals surface area contributed by atoms with Crippen molar-refractivity contribution < 1.29 is 14.3 Å². The molecule has 43 heavy (non-hydrogen) atoms. The summed E-state index contributed by atoms with van der Waals surface area (Å²) in [5.41, 5.74) is 11.4. The van der Waals surface area contributed by atoms with E-state index in [2.05, 4.69) is 37.6 Å². The Hall–Kier alpha value is -4.02. The van der Waals surface area contributed by atoms with E-state index in [1.54, 1.807) is 13.2 Å². The van der Waals surface area contributed by atoms with Crippen LogP contribution in [0.15, 0.2) is 59.7 Å². The Kier molecular flexibility index (Phi) is 8.32. The first-order chi connectivity index (χ1) is 20.8. The summed E-state index contributed by atoms with van der Waals surface area (Å²) in [5, 5.41) is 6.75. The Morgan fingerprint density at radius 3 is 2.63 bits per heavy atom. The molecule has 0 saturated carbocycles. The smallest absolute Gasteiger partial charge is 0.340 e. The molecular formula is C33H43N7O3. The maximum Gasteiger partial charge on any atom is 0.340 e. The van der Waals surface area contributed by atoms with E-state index in [1.165, 1.54) is 38.8 Å². The van der Waals surface area contributed by atoms with E-state index in [1.807, 2.05) is 50.4 Å². The van der Waals surface area contributed by atoms with Crippen molar-refractivity contribution in [1.29, 1.82) is 0 Å². The van der Waals surface area contributed by atoms with Crippen molar-refractivity contribution in [3.8, 4) is 5.75 Å². The zero-order chi connectivity index (χ0) is 30.0. The van der Waals surface area contributed by atoms with Gasteiger partial charge in [0.2, 0.25) is 5.79 Å². The molecule has 4 heterocycles. The van der Waals surface area contributed by atoms with Crippen LogP contribution in [0.2, 0.25) is 0 Å². The van der Waals surface area contributed by atoms with Crippen molar-refractivity contribution in [2.45, 2.75) is 51.4 Å². The number of hydrogen-bond acceptors (Lipinski definition) is 9. The van der Waals surface area contributed by atoms with Crippen LogP contribution in [0.25, 0.3) is 0 Å². The van der Waals surface area contributed by atoms with E-state index in [9.17, 15) is 4.79 Å². The molecule has 1 unspecified atom stereocenters. The van der Waals surface area contributed by atoms with Gasteiger partial charge in [0, 0.05) is 37.1 Å². The Morgan fingerprint density at radius 2 is 1.88 bits per heavy atom. The van der Waals surface area contributed by atoms with Crippen molar-refractivity contribution in [1.82, 2.24) is 9.88 Å². The molecule has 228 valence electrons. The second-order valence-electron chi connectivity index (χ2n) is 12.1. The lowest BCUT2D eigenvalue weighted by Crippen LogP contribution is -2.47. The quantitative estimate of drug-likeness (QED) is 0.274. The molecule has 5 N–H and O–H groups in total. The molecule has 0 spiro atoms. The van der Waals surface area contributed by atoms with Gasteiger partial charge in [0.05, 0.1) is 36.2 Å². The number of fused-ring (bicyclic) bond motifs is 1. The number of nitrogens with one attached hydrogen (secondary N) is 3. The molecule has 1 aromatic heterocycles. The number of anilines is 3. The highest BCUT2D eigenvalue weighted by Crippen LogP contribution is 2.38. The number of benzene rings is 2. The van der Waals surface area contributed by atoms with Crippen molar-refractivity contribution in [2.75, 3.05) is 55.4 Å². The zero-order valence-electron chi connectivity index (χ0n) is 25.4. The van der Waals surface area contributed by atoms with Gasteiger partial charge in [-0.25, -0.2) is 9.79 Å². The minimum absolute atomic E-state index is 0.236. The second-order valence-corrected chi connectivity index (χ2v) is 12.1. The van der Waals surface area contributed by atoms with Crippen molar-refractivity contribution in [3.05, 3.63) is 71.5 Å². The minimum atomic E-state index is -1.32. The number of aromatic nitrogens is 1. The van der Waals surface area contributed by atoms with E-state index >= 15 is 0 Å². The summed E-state index contributed by atoms with van der Waals surface area (Å²) in [5.74, 6) is -0.314. The van der Waals surface area contributed by atoms with Crippen molar-refractivity contribution in [3.63, 3.8) is 0 Å². The Bertz CT molecular complexity index is 1470. The molecule has 10 heteroatoms. The lowest BCUT2D eigenvalue weighted by atomic mass is 10.0. The third kappa shape index (κ3) is 6.07. The third-order valence-corrected chi connectivity index (χ3v) is 8.63. The van der Waals surface area contributed by atoms with Gasteiger partial charge in [-0.05, 0) is 75.0 Å². The number of H-pyrrole nitrogens is 1. The van der Waals surface area contributed by atoms with E-state index < -0.39 is 11.8 Å². The van der Waals surface area contributed by atoms with E-state index in [4.69, 9.17) is 20.2 Å². The lowest BCUT2D eigenvalue weighted by molar-refractivity contribution is 0.0460. The Labute approximate surface area is 253 Å². The molecule has 3 aromatic rings. The summed E-state index contributed by atoms with van der Waals surface area (Å²) >= 11 is 0. The molecule has 2 aromatic carbocycles. The zero-order valence-corrected chi connectivity index (χ0v) is 25.4. The highest BCUT2D eigenvalue weighted by atomic mass is 16.5. The Balaban J connectivity index is 1.26. The number of amidine groups is 1. The van der Waals surface area contributed by atoms with Crippen LogP contribution in [-0.2, 0) is 10.5 Å². The van der Waals surface area contributed by atoms with Gasteiger partial charge in [0.15, 0.2) is 5.84 Å². The summed E-state index contributed by atoms with van der Waals surface area (Å²) in [6.07, 6.45) is 6.84. The number of para-hydroxylation sites is 1. The molecule has 2 saturated heterocycles. The van der Waals surface area contributed by atoms with Crippen LogP contribution in [0.4, 0.5) is 17.1 Å². The molecule has 3 aliphatic rings. The Morgan fingerprint density at radius 1 is 1.12 bits per heavy atom. The van der Waals surface area contributed by atoms with Gasteiger partial charge in [-0.2, -0.15) is 0 Å². The molecule has 2 fully saturated rings. The molecule has 10 nitrogen and oxygen atoms in total. The number of piperidine rings is 1. The molecule has 0 radical (unpaired) electrons.